The fourth-order valence-electron chi connectivity index (χ4n) is 2.94. The second-order valence-electron chi connectivity index (χ2n) is 5.71. The van der Waals surface area contributed by atoms with E-state index in [2.05, 4.69) is 31.6 Å². The molecule has 1 aliphatic rings. The molecule has 2 heterocycles. The smallest absolute Gasteiger partial charge is 0.199 e. The minimum atomic E-state index is -0.194. The van der Waals surface area contributed by atoms with E-state index in [1.54, 1.807) is 31.6 Å². The summed E-state index contributed by atoms with van der Waals surface area (Å²) in [5.41, 5.74) is 1.56. The van der Waals surface area contributed by atoms with Crippen molar-refractivity contribution in [3.05, 3.63) is 59.4 Å². The van der Waals surface area contributed by atoms with Crippen LogP contribution in [-0.2, 0) is 13.0 Å². The van der Waals surface area contributed by atoms with E-state index in [1.165, 1.54) is 6.07 Å². The molecule has 0 N–H and O–H groups in total. The Morgan fingerprint density at radius 3 is 2.92 bits per heavy atom. The number of hydrogen-bond acceptors (Lipinski definition) is 5. The number of hydrogen-bond donors (Lipinski definition) is 0. The number of aromatic nitrogens is 2. The van der Waals surface area contributed by atoms with Gasteiger partial charge in [0.2, 0.25) is 0 Å². The second kappa shape index (κ2) is 7.86. The molecule has 0 saturated heterocycles. The molecule has 3 rings (SSSR count). The highest BCUT2D eigenvalue weighted by atomic mass is 19.1. The highest BCUT2D eigenvalue weighted by Crippen LogP contribution is 2.31. The number of aliphatic imine (C=N–C) groups is 2. The predicted octanol–water partition coefficient (Wildman–Crippen LogP) is 3.17. The maximum absolute atomic E-state index is 14.1. The van der Waals surface area contributed by atoms with E-state index >= 15 is 0 Å². The number of benzene rings is 1. The van der Waals surface area contributed by atoms with Gasteiger partial charge in [0.25, 0.3) is 0 Å². The summed E-state index contributed by atoms with van der Waals surface area (Å²) in [5.74, 6) is 1.96. The molecule has 0 atom stereocenters. The van der Waals surface area contributed by atoms with E-state index in [0.717, 1.165) is 11.4 Å². The van der Waals surface area contributed by atoms with Gasteiger partial charge < -0.3 is 9.64 Å². The maximum atomic E-state index is 14.1. The summed E-state index contributed by atoms with van der Waals surface area (Å²) in [5, 5.41) is 0. The summed E-state index contributed by atoms with van der Waals surface area (Å²) in [7, 11) is 1.59. The largest absolute Gasteiger partial charge is 0.496 e. The lowest BCUT2D eigenvalue weighted by Crippen LogP contribution is -2.32. The number of ether oxygens (including phenoxy) is 1. The lowest BCUT2D eigenvalue weighted by atomic mass is 9.98. The first-order valence-electron chi connectivity index (χ1n) is 8.26. The summed E-state index contributed by atoms with van der Waals surface area (Å²) in [4.78, 5) is 18.9. The summed E-state index contributed by atoms with van der Waals surface area (Å²) >= 11 is 0. The molecule has 6 nitrogen and oxygen atoms in total. The molecule has 0 unspecified atom stereocenters. The molecule has 0 bridgehead atoms. The number of rotatable bonds is 4. The van der Waals surface area contributed by atoms with E-state index in [4.69, 9.17) is 4.74 Å². The van der Waals surface area contributed by atoms with Gasteiger partial charge in [-0.05, 0) is 43.8 Å². The van der Waals surface area contributed by atoms with Crippen LogP contribution in [-0.4, -0.2) is 36.2 Å². The van der Waals surface area contributed by atoms with Crippen LogP contribution in [0.25, 0.3) is 0 Å². The topological polar surface area (TPSA) is 63.0 Å². The van der Waals surface area contributed by atoms with Crippen molar-refractivity contribution in [2.75, 3.05) is 18.6 Å². The summed E-state index contributed by atoms with van der Waals surface area (Å²) < 4.78 is 19.5. The van der Waals surface area contributed by atoms with Crippen LogP contribution in [0.1, 0.15) is 23.9 Å². The first-order valence-corrected chi connectivity index (χ1v) is 8.26. The number of halogens is 1. The molecular formula is C19H20FN5O. The zero-order chi connectivity index (χ0) is 18.5. The molecule has 1 aromatic heterocycles. The van der Waals surface area contributed by atoms with Gasteiger partial charge in [-0.1, -0.05) is 6.08 Å². The van der Waals surface area contributed by atoms with Gasteiger partial charge in [0.1, 0.15) is 17.4 Å². The molecule has 134 valence electrons. The second-order valence-corrected chi connectivity index (χ2v) is 5.71. The monoisotopic (exact) mass is 353 g/mol. The molecule has 0 spiro atoms. The van der Waals surface area contributed by atoms with Crippen molar-refractivity contribution < 1.29 is 9.13 Å². The zero-order valence-electron chi connectivity index (χ0n) is 14.8. The molecule has 0 amide bonds. The van der Waals surface area contributed by atoms with Crippen LogP contribution in [0, 0.1) is 5.82 Å². The quantitative estimate of drug-likeness (QED) is 0.626. The SMILES string of the molecule is C=N/C(=N\C=C/C)c1nccc(N2CCc3c(F)ccc(OC)c3C2)n1. The third-order valence-electron chi connectivity index (χ3n) is 4.19. The predicted molar refractivity (Wildman–Crippen MR) is 101 cm³/mol. The van der Waals surface area contributed by atoms with Crippen molar-refractivity contribution in [1.29, 1.82) is 0 Å². The zero-order valence-corrected chi connectivity index (χ0v) is 14.8. The fraction of sp³-hybridized carbons (Fsp3) is 0.263. The number of amidine groups is 1. The summed E-state index contributed by atoms with van der Waals surface area (Å²) in [6, 6.07) is 4.93. The highest BCUT2D eigenvalue weighted by Gasteiger charge is 2.24. The number of fused-ring (bicyclic) bond motifs is 1. The van der Waals surface area contributed by atoms with Gasteiger partial charge in [-0.3, -0.25) is 0 Å². The Morgan fingerprint density at radius 2 is 2.19 bits per heavy atom. The molecule has 0 radical (unpaired) electrons. The molecule has 1 aromatic carbocycles. The molecule has 0 saturated carbocycles. The van der Waals surface area contributed by atoms with Gasteiger partial charge in [-0.15, -0.1) is 0 Å². The number of allylic oxidation sites excluding steroid dienone is 1. The van der Waals surface area contributed by atoms with Crippen LogP contribution < -0.4 is 9.64 Å². The molecule has 2 aromatic rings. The summed E-state index contributed by atoms with van der Waals surface area (Å²) in [6.07, 6.45) is 5.64. The minimum Gasteiger partial charge on any atom is -0.496 e. The Morgan fingerprint density at radius 1 is 1.35 bits per heavy atom. The van der Waals surface area contributed by atoms with E-state index < -0.39 is 0 Å². The van der Waals surface area contributed by atoms with Crippen LogP contribution in [0.2, 0.25) is 0 Å². The van der Waals surface area contributed by atoms with Gasteiger partial charge in [0.15, 0.2) is 11.7 Å². The minimum absolute atomic E-state index is 0.194. The average Bonchev–Trinajstić information content (AvgIpc) is 2.69. The number of nitrogens with zero attached hydrogens (tertiary/aromatic N) is 5. The Kier molecular flexibility index (Phi) is 5.36. The van der Waals surface area contributed by atoms with Gasteiger partial charge in [-0.2, -0.15) is 0 Å². The maximum Gasteiger partial charge on any atom is 0.199 e. The Labute approximate surface area is 151 Å². The normalized spacial score (nSPS) is 14.4. The lowest BCUT2D eigenvalue weighted by Gasteiger charge is -2.31. The Balaban J connectivity index is 1.93. The van der Waals surface area contributed by atoms with Gasteiger partial charge in [-0.25, -0.2) is 24.3 Å². The standard InChI is InChI=1S/C19H20FN5O/c1-4-9-22-18(21-2)19-23-10-7-17(24-19)25-11-8-13-14(12-25)16(26-3)6-5-15(13)20/h4-7,9-10H,2,8,11-12H2,1,3H3/b9-4-,22-18-. The molecular weight excluding hydrogens is 333 g/mol. The molecule has 26 heavy (non-hydrogen) atoms. The fourth-order valence-corrected chi connectivity index (χ4v) is 2.94. The summed E-state index contributed by atoms with van der Waals surface area (Å²) in [6.45, 7) is 6.55. The number of anilines is 1. The molecule has 0 aliphatic carbocycles. The molecule has 1 aliphatic heterocycles. The first kappa shape index (κ1) is 17.7. The van der Waals surface area contributed by atoms with Crippen LogP contribution in [0.4, 0.5) is 10.2 Å². The van der Waals surface area contributed by atoms with Crippen molar-refractivity contribution in [2.45, 2.75) is 19.9 Å². The van der Waals surface area contributed by atoms with Crippen LogP contribution in [0.15, 0.2) is 46.7 Å². The Bertz CT molecular complexity index is 878. The number of methoxy groups -OCH3 is 1. The van der Waals surface area contributed by atoms with Crippen molar-refractivity contribution in [3.8, 4) is 5.75 Å². The van der Waals surface area contributed by atoms with E-state index in [0.29, 0.717) is 42.5 Å². The van der Waals surface area contributed by atoms with Crippen LogP contribution >= 0.6 is 0 Å². The van der Waals surface area contributed by atoms with E-state index in [-0.39, 0.29) is 5.82 Å². The van der Waals surface area contributed by atoms with Crippen molar-refractivity contribution in [3.63, 3.8) is 0 Å². The highest BCUT2D eigenvalue weighted by molar-refractivity contribution is 5.98. The van der Waals surface area contributed by atoms with Gasteiger partial charge >= 0.3 is 0 Å². The van der Waals surface area contributed by atoms with Crippen LogP contribution in [0.5, 0.6) is 5.75 Å². The van der Waals surface area contributed by atoms with Crippen molar-refractivity contribution in [1.82, 2.24) is 9.97 Å². The lowest BCUT2D eigenvalue weighted by molar-refractivity contribution is 0.404. The Hall–Kier alpha value is -3.09. The molecule has 0 fully saturated rings. The average molecular weight is 353 g/mol. The van der Waals surface area contributed by atoms with Gasteiger partial charge in [0.05, 0.1) is 7.11 Å². The third-order valence-corrected chi connectivity index (χ3v) is 4.19. The van der Waals surface area contributed by atoms with E-state index in [1.807, 2.05) is 13.0 Å². The third kappa shape index (κ3) is 3.46. The molecule has 7 heteroatoms. The van der Waals surface area contributed by atoms with Gasteiger partial charge in [0, 0.05) is 31.0 Å². The van der Waals surface area contributed by atoms with E-state index in [9.17, 15) is 4.39 Å². The van der Waals surface area contributed by atoms with Crippen molar-refractivity contribution >= 4 is 18.4 Å². The first-order chi connectivity index (χ1) is 12.7. The van der Waals surface area contributed by atoms with Crippen molar-refractivity contribution in [2.24, 2.45) is 9.98 Å². The van der Waals surface area contributed by atoms with Crippen LogP contribution in [0.3, 0.4) is 0 Å².